The lowest BCUT2D eigenvalue weighted by atomic mass is 9.91. The van der Waals surface area contributed by atoms with Gasteiger partial charge in [0.1, 0.15) is 6.04 Å². The number of rotatable bonds is 6. The van der Waals surface area contributed by atoms with Crippen LogP contribution in [0.25, 0.3) is 0 Å². The Morgan fingerprint density at radius 3 is 1.87 bits per heavy atom. The quantitative estimate of drug-likeness (QED) is 0.764. The van der Waals surface area contributed by atoms with E-state index in [4.69, 9.17) is 5.73 Å². The number of hydrogen-bond acceptors (Lipinski definition) is 3. The average molecular weight is 312 g/mol. The summed E-state index contributed by atoms with van der Waals surface area (Å²) >= 11 is 0. The molecule has 23 heavy (non-hydrogen) atoms. The maximum atomic E-state index is 12.2. The summed E-state index contributed by atoms with van der Waals surface area (Å²) in [7, 11) is 0. The van der Waals surface area contributed by atoms with Crippen LogP contribution in [-0.4, -0.2) is 29.2 Å². The van der Waals surface area contributed by atoms with Crippen LogP contribution in [0.1, 0.15) is 30.9 Å². The number of benzene rings is 2. The van der Waals surface area contributed by atoms with Gasteiger partial charge in [-0.25, -0.2) is 0 Å². The monoisotopic (exact) mass is 312 g/mol. The van der Waals surface area contributed by atoms with E-state index in [9.17, 15) is 9.90 Å². The fraction of sp³-hybridized carbons (Fsp3) is 0.316. The van der Waals surface area contributed by atoms with Crippen molar-refractivity contribution in [2.45, 2.75) is 31.4 Å². The van der Waals surface area contributed by atoms with E-state index >= 15 is 0 Å². The average Bonchev–Trinajstić information content (AvgIpc) is 2.55. The van der Waals surface area contributed by atoms with Gasteiger partial charge in [0.05, 0.1) is 5.60 Å². The second-order valence-corrected chi connectivity index (χ2v) is 6.25. The molecule has 1 amide bonds. The standard InChI is InChI=1S/C19H24N2O2/c1-19(2,23)17(20)18(22)21-13-16(14-9-5-3-6-10-14)15-11-7-4-8-12-15/h3-12,16-17,23H,13,20H2,1-2H3,(H,21,22)/t17-/m1/s1. The van der Waals surface area contributed by atoms with Gasteiger partial charge in [0.2, 0.25) is 5.91 Å². The number of amides is 1. The molecule has 0 aliphatic carbocycles. The van der Waals surface area contributed by atoms with E-state index in [1.54, 1.807) is 0 Å². The first-order chi connectivity index (χ1) is 10.9. The number of carbonyl (C=O) groups is 1. The van der Waals surface area contributed by atoms with Gasteiger partial charge in [-0.3, -0.25) is 4.79 Å². The second-order valence-electron chi connectivity index (χ2n) is 6.25. The largest absolute Gasteiger partial charge is 0.388 e. The van der Waals surface area contributed by atoms with Crippen molar-refractivity contribution in [1.29, 1.82) is 0 Å². The highest BCUT2D eigenvalue weighted by Crippen LogP contribution is 2.23. The van der Waals surface area contributed by atoms with E-state index in [1.807, 2.05) is 60.7 Å². The van der Waals surface area contributed by atoms with Crippen molar-refractivity contribution in [2.24, 2.45) is 5.73 Å². The van der Waals surface area contributed by atoms with Gasteiger partial charge in [-0.15, -0.1) is 0 Å². The van der Waals surface area contributed by atoms with Crippen LogP contribution < -0.4 is 11.1 Å². The first-order valence-corrected chi connectivity index (χ1v) is 7.75. The minimum Gasteiger partial charge on any atom is -0.388 e. The van der Waals surface area contributed by atoms with Crippen LogP contribution in [0.15, 0.2) is 60.7 Å². The molecule has 1 atom stereocenters. The van der Waals surface area contributed by atoms with E-state index in [2.05, 4.69) is 5.32 Å². The maximum absolute atomic E-state index is 12.2. The Kier molecular flexibility index (Phi) is 5.53. The minimum atomic E-state index is -1.25. The van der Waals surface area contributed by atoms with Crippen LogP contribution in [0, 0.1) is 0 Å². The van der Waals surface area contributed by atoms with Gasteiger partial charge in [0.15, 0.2) is 0 Å². The van der Waals surface area contributed by atoms with Gasteiger partial charge >= 0.3 is 0 Å². The fourth-order valence-corrected chi connectivity index (χ4v) is 2.43. The van der Waals surface area contributed by atoms with Crippen LogP contribution in [0.5, 0.6) is 0 Å². The molecule has 2 aromatic rings. The van der Waals surface area contributed by atoms with Crippen molar-refractivity contribution in [3.8, 4) is 0 Å². The molecule has 2 aromatic carbocycles. The Morgan fingerprint density at radius 1 is 1.04 bits per heavy atom. The molecule has 0 radical (unpaired) electrons. The molecule has 0 spiro atoms. The summed E-state index contributed by atoms with van der Waals surface area (Å²) in [5.74, 6) is -0.315. The van der Waals surface area contributed by atoms with Gasteiger partial charge in [-0.05, 0) is 25.0 Å². The van der Waals surface area contributed by atoms with Gasteiger partial charge in [-0.2, -0.15) is 0 Å². The van der Waals surface area contributed by atoms with Crippen molar-refractivity contribution >= 4 is 5.91 Å². The third-order valence-corrected chi connectivity index (χ3v) is 3.93. The summed E-state index contributed by atoms with van der Waals surface area (Å²) in [5.41, 5.74) is 6.79. The molecule has 0 bridgehead atoms. The van der Waals surface area contributed by atoms with Crippen molar-refractivity contribution in [1.82, 2.24) is 5.32 Å². The number of aliphatic hydroxyl groups is 1. The highest BCUT2D eigenvalue weighted by atomic mass is 16.3. The molecule has 0 aromatic heterocycles. The number of nitrogens with two attached hydrogens (primary N) is 1. The third-order valence-electron chi connectivity index (χ3n) is 3.93. The van der Waals surface area contributed by atoms with Gasteiger partial charge < -0.3 is 16.2 Å². The Hall–Kier alpha value is -2.17. The molecular formula is C19H24N2O2. The molecular weight excluding hydrogens is 288 g/mol. The number of nitrogens with one attached hydrogen (secondary N) is 1. The molecule has 122 valence electrons. The summed E-state index contributed by atoms with van der Waals surface area (Å²) in [4.78, 5) is 12.2. The van der Waals surface area contributed by atoms with Crippen molar-refractivity contribution in [3.05, 3.63) is 71.8 Å². The Balaban J connectivity index is 2.15. The molecule has 0 unspecified atom stereocenters. The topological polar surface area (TPSA) is 75.3 Å². The zero-order valence-electron chi connectivity index (χ0n) is 13.6. The van der Waals surface area contributed by atoms with Crippen molar-refractivity contribution in [3.63, 3.8) is 0 Å². The van der Waals surface area contributed by atoms with Gasteiger partial charge in [-0.1, -0.05) is 60.7 Å². The van der Waals surface area contributed by atoms with Crippen LogP contribution in [0.2, 0.25) is 0 Å². The third kappa shape index (κ3) is 4.65. The maximum Gasteiger partial charge on any atom is 0.239 e. The van der Waals surface area contributed by atoms with E-state index in [0.29, 0.717) is 6.54 Å². The first kappa shape index (κ1) is 17.2. The lowest BCUT2D eigenvalue weighted by Crippen LogP contribution is -2.54. The summed E-state index contributed by atoms with van der Waals surface area (Å²) in [6, 6.07) is 19.1. The Morgan fingerprint density at radius 2 is 1.48 bits per heavy atom. The zero-order chi connectivity index (χ0) is 16.9. The molecule has 4 nitrogen and oxygen atoms in total. The lowest BCUT2D eigenvalue weighted by Gasteiger charge is -2.26. The molecule has 0 heterocycles. The molecule has 4 heteroatoms. The minimum absolute atomic E-state index is 0.0374. The summed E-state index contributed by atoms with van der Waals surface area (Å²) in [6.07, 6.45) is 0. The smallest absolute Gasteiger partial charge is 0.239 e. The van der Waals surface area contributed by atoms with Crippen molar-refractivity contribution in [2.75, 3.05) is 6.54 Å². The van der Waals surface area contributed by atoms with E-state index in [1.165, 1.54) is 13.8 Å². The molecule has 0 saturated carbocycles. The zero-order valence-corrected chi connectivity index (χ0v) is 13.6. The predicted molar refractivity (Wildman–Crippen MR) is 92.0 cm³/mol. The van der Waals surface area contributed by atoms with Gasteiger partial charge in [0, 0.05) is 12.5 Å². The Bertz CT molecular complexity index is 581. The molecule has 0 fully saturated rings. The summed E-state index contributed by atoms with van der Waals surface area (Å²) in [5, 5.41) is 12.7. The highest BCUT2D eigenvalue weighted by molar-refractivity contribution is 5.82. The normalized spacial score (nSPS) is 12.9. The highest BCUT2D eigenvalue weighted by Gasteiger charge is 2.30. The molecule has 4 N–H and O–H groups in total. The molecule has 0 saturated heterocycles. The van der Waals surface area contributed by atoms with Crippen LogP contribution in [0.4, 0.5) is 0 Å². The molecule has 2 rings (SSSR count). The SMILES string of the molecule is CC(C)(O)[C@H](N)C(=O)NCC(c1ccccc1)c1ccccc1. The molecule has 0 aliphatic heterocycles. The summed E-state index contributed by atoms with van der Waals surface area (Å²) in [6.45, 7) is 3.49. The number of hydrogen-bond donors (Lipinski definition) is 3. The van der Waals surface area contributed by atoms with E-state index < -0.39 is 11.6 Å². The second kappa shape index (κ2) is 7.40. The van der Waals surface area contributed by atoms with E-state index in [-0.39, 0.29) is 11.8 Å². The van der Waals surface area contributed by atoms with Crippen LogP contribution in [-0.2, 0) is 4.79 Å². The first-order valence-electron chi connectivity index (χ1n) is 7.75. The molecule has 0 aliphatic rings. The van der Waals surface area contributed by atoms with Crippen LogP contribution >= 0.6 is 0 Å². The van der Waals surface area contributed by atoms with Crippen molar-refractivity contribution < 1.29 is 9.90 Å². The summed E-state index contributed by atoms with van der Waals surface area (Å²) < 4.78 is 0. The van der Waals surface area contributed by atoms with Crippen LogP contribution in [0.3, 0.4) is 0 Å². The van der Waals surface area contributed by atoms with E-state index in [0.717, 1.165) is 11.1 Å². The Labute approximate surface area is 137 Å². The fourth-order valence-electron chi connectivity index (χ4n) is 2.43. The van der Waals surface area contributed by atoms with Gasteiger partial charge in [0.25, 0.3) is 0 Å². The number of carbonyl (C=O) groups excluding carboxylic acids is 1. The predicted octanol–water partition coefficient (Wildman–Crippen LogP) is 2.03. The lowest BCUT2D eigenvalue weighted by molar-refractivity contribution is -0.127.